The Bertz CT molecular complexity index is 812. The van der Waals surface area contributed by atoms with Crippen molar-refractivity contribution in [2.45, 2.75) is 6.10 Å². The molecular weight excluding hydrogens is 308 g/mol. The number of hydrogen-bond donors (Lipinski definition) is 2. The molecule has 0 aliphatic rings. The quantitative estimate of drug-likeness (QED) is 0.723. The standard InChI is InChI=1S/C18H20N2O4/c1-20(2)13-5-3-12(4-6-13)18-19-16-9-15(7-8-17(16)24-18)23-11-14(22)10-21/h3-9,14,21-22H,10-11H2,1-2H3/t14-/m1/s1. The summed E-state index contributed by atoms with van der Waals surface area (Å²) in [6, 6.07) is 13.2. The van der Waals surface area contributed by atoms with Crippen LogP contribution in [-0.2, 0) is 0 Å². The Labute approximate surface area is 139 Å². The second kappa shape index (κ2) is 6.90. The summed E-state index contributed by atoms with van der Waals surface area (Å²) in [6.07, 6.45) is -0.899. The van der Waals surface area contributed by atoms with Gasteiger partial charge in [-0.3, -0.25) is 0 Å². The van der Waals surface area contributed by atoms with Crippen LogP contribution < -0.4 is 9.64 Å². The number of aliphatic hydroxyl groups is 2. The summed E-state index contributed by atoms with van der Waals surface area (Å²) >= 11 is 0. The highest BCUT2D eigenvalue weighted by atomic mass is 16.5. The van der Waals surface area contributed by atoms with Gasteiger partial charge in [-0.05, 0) is 36.4 Å². The van der Waals surface area contributed by atoms with Crippen molar-refractivity contribution in [2.24, 2.45) is 0 Å². The van der Waals surface area contributed by atoms with Crippen LogP contribution >= 0.6 is 0 Å². The highest BCUT2D eigenvalue weighted by Gasteiger charge is 2.10. The highest BCUT2D eigenvalue weighted by Crippen LogP contribution is 2.28. The van der Waals surface area contributed by atoms with Gasteiger partial charge in [-0.1, -0.05) is 0 Å². The van der Waals surface area contributed by atoms with Crippen molar-refractivity contribution < 1.29 is 19.4 Å². The third-order valence-electron chi connectivity index (χ3n) is 3.64. The van der Waals surface area contributed by atoms with Crippen molar-refractivity contribution in [3.63, 3.8) is 0 Å². The minimum absolute atomic E-state index is 0.0265. The van der Waals surface area contributed by atoms with E-state index in [1.54, 1.807) is 18.2 Å². The van der Waals surface area contributed by atoms with Crippen molar-refractivity contribution in [3.05, 3.63) is 42.5 Å². The molecule has 2 N–H and O–H groups in total. The molecule has 3 rings (SSSR count). The molecule has 0 aliphatic carbocycles. The van der Waals surface area contributed by atoms with Crippen molar-refractivity contribution >= 4 is 16.8 Å². The van der Waals surface area contributed by atoms with E-state index in [4.69, 9.17) is 14.3 Å². The first-order valence-electron chi connectivity index (χ1n) is 7.67. The van der Waals surface area contributed by atoms with E-state index in [1.165, 1.54) is 0 Å². The number of benzene rings is 2. The van der Waals surface area contributed by atoms with E-state index < -0.39 is 6.10 Å². The number of ether oxygens (including phenoxy) is 1. The largest absolute Gasteiger partial charge is 0.491 e. The number of fused-ring (bicyclic) bond motifs is 1. The molecule has 0 radical (unpaired) electrons. The predicted molar refractivity (Wildman–Crippen MR) is 92.4 cm³/mol. The molecule has 3 aromatic rings. The molecule has 0 fully saturated rings. The van der Waals surface area contributed by atoms with Crippen LogP contribution in [0.15, 0.2) is 46.9 Å². The molecule has 2 aromatic carbocycles. The molecule has 6 nitrogen and oxygen atoms in total. The Balaban J connectivity index is 1.83. The molecule has 0 saturated carbocycles. The molecule has 0 bridgehead atoms. The summed E-state index contributed by atoms with van der Waals surface area (Å²) in [7, 11) is 3.98. The summed E-state index contributed by atoms with van der Waals surface area (Å²) in [4.78, 5) is 6.52. The van der Waals surface area contributed by atoms with Gasteiger partial charge in [0.15, 0.2) is 5.58 Å². The lowest BCUT2D eigenvalue weighted by molar-refractivity contribution is 0.0536. The molecule has 6 heteroatoms. The summed E-state index contributed by atoms with van der Waals surface area (Å²) in [5.74, 6) is 1.11. The Kier molecular flexibility index (Phi) is 4.69. The summed E-state index contributed by atoms with van der Waals surface area (Å²) in [6.45, 7) is -0.308. The topological polar surface area (TPSA) is 79.0 Å². The van der Waals surface area contributed by atoms with Crippen LogP contribution in [0.2, 0.25) is 0 Å². The van der Waals surface area contributed by atoms with E-state index in [0.29, 0.717) is 22.7 Å². The fourth-order valence-corrected chi connectivity index (χ4v) is 2.27. The maximum Gasteiger partial charge on any atom is 0.227 e. The van der Waals surface area contributed by atoms with Gasteiger partial charge in [0.1, 0.15) is 24.0 Å². The lowest BCUT2D eigenvalue weighted by Gasteiger charge is -2.11. The van der Waals surface area contributed by atoms with Crippen molar-refractivity contribution in [1.29, 1.82) is 0 Å². The van der Waals surface area contributed by atoms with Gasteiger partial charge >= 0.3 is 0 Å². The van der Waals surface area contributed by atoms with E-state index in [-0.39, 0.29) is 13.2 Å². The normalized spacial score (nSPS) is 12.3. The first-order chi connectivity index (χ1) is 11.6. The molecule has 126 valence electrons. The van der Waals surface area contributed by atoms with Gasteiger partial charge in [0.05, 0.1) is 6.61 Å². The van der Waals surface area contributed by atoms with Crippen LogP contribution in [0.1, 0.15) is 0 Å². The average molecular weight is 328 g/mol. The molecular formula is C18H20N2O4. The molecule has 0 unspecified atom stereocenters. The summed E-state index contributed by atoms with van der Waals surface area (Å²) in [5, 5.41) is 18.1. The molecule has 0 amide bonds. The Hall–Kier alpha value is -2.57. The lowest BCUT2D eigenvalue weighted by atomic mass is 10.2. The zero-order chi connectivity index (χ0) is 17.1. The SMILES string of the molecule is CN(C)c1ccc(-c2nc3cc(OC[C@H](O)CO)ccc3o2)cc1. The molecule has 1 aromatic heterocycles. The van der Waals surface area contributed by atoms with Crippen LogP contribution in [0, 0.1) is 0 Å². The molecule has 0 spiro atoms. The first-order valence-corrected chi connectivity index (χ1v) is 7.67. The zero-order valence-corrected chi connectivity index (χ0v) is 13.6. The van der Waals surface area contributed by atoms with Crippen LogP contribution in [0.4, 0.5) is 5.69 Å². The maximum absolute atomic E-state index is 9.33. The van der Waals surface area contributed by atoms with Gasteiger partial charge < -0.3 is 24.3 Å². The van der Waals surface area contributed by atoms with Crippen molar-refractivity contribution in [3.8, 4) is 17.2 Å². The number of hydrogen-bond acceptors (Lipinski definition) is 6. The number of aromatic nitrogens is 1. The second-order valence-corrected chi connectivity index (χ2v) is 5.74. The van der Waals surface area contributed by atoms with Gasteiger partial charge in [-0.25, -0.2) is 4.98 Å². The second-order valence-electron chi connectivity index (χ2n) is 5.74. The van der Waals surface area contributed by atoms with Crippen LogP contribution in [0.25, 0.3) is 22.6 Å². The number of anilines is 1. The van der Waals surface area contributed by atoms with Gasteiger partial charge in [0, 0.05) is 31.4 Å². The number of nitrogens with zero attached hydrogens (tertiary/aromatic N) is 2. The van der Waals surface area contributed by atoms with E-state index in [9.17, 15) is 5.11 Å². The molecule has 1 atom stereocenters. The van der Waals surface area contributed by atoms with Crippen LogP contribution in [0.3, 0.4) is 0 Å². The van der Waals surface area contributed by atoms with Gasteiger partial charge in [-0.15, -0.1) is 0 Å². The Morgan fingerprint density at radius 2 is 1.92 bits per heavy atom. The van der Waals surface area contributed by atoms with Crippen molar-refractivity contribution in [1.82, 2.24) is 4.98 Å². The van der Waals surface area contributed by atoms with Crippen molar-refractivity contribution in [2.75, 3.05) is 32.2 Å². The molecule has 0 aliphatic heterocycles. The van der Waals surface area contributed by atoms with Crippen LogP contribution in [0.5, 0.6) is 5.75 Å². The maximum atomic E-state index is 9.33. The smallest absolute Gasteiger partial charge is 0.227 e. The minimum atomic E-state index is -0.899. The van der Waals surface area contributed by atoms with Crippen LogP contribution in [-0.4, -0.2) is 48.6 Å². The molecule has 0 saturated heterocycles. The first kappa shape index (κ1) is 16.3. The summed E-state index contributed by atoms with van der Waals surface area (Å²) < 4.78 is 11.2. The van der Waals surface area contributed by atoms with Gasteiger partial charge in [0.2, 0.25) is 5.89 Å². The molecule has 24 heavy (non-hydrogen) atoms. The number of rotatable bonds is 6. The van der Waals surface area contributed by atoms with Gasteiger partial charge in [-0.2, -0.15) is 0 Å². The van der Waals surface area contributed by atoms with E-state index >= 15 is 0 Å². The summed E-state index contributed by atoms with van der Waals surface area (Å²) in [5.41, 5.74) is 3.34. The van der Waals surface area contributed by atoms with E-state index in [2.05, 4.69) is 4.98 Å². The lowest BCUT2D eigenvalue weighted by Crippen LogP contribution is -2.21. The van der Waals surface area contributed by atoms with Gasteiger partial charge in [0.25, 0.3) is 0 Å². The number of oxazole rings is 1. The monoisotopic (exact) mass is 328 g/mol. The van der Waals surface area contributed by atoms with E-state index in [0.717, 1.165) is 11.3 Å². The Morgan fingerprint density at radius 1 is 1.17 bits per heavy atom. The zero-order valence-electron chi connectivity index (χ0n) is 13.6. The molecule has 1 heterocycles. The third-order valence-corrected chi connectivity index (χ3v) is 3.64. The fraction of sp³-hybridized carbons (Fsp3) is 0.278. The number of aliphatic hydroxyl groups excluding tert-OH is 2. The minimum Gasteiger partial charge on any atom is -0.491 e. The fourth-order valence-electron chi connectivity index (χ4n) is 2.27. The third kappa shape index (κ3) is 3.50. The average Bonchev–Trinajstić information content (AvgIpc) is 3.03. The van der Waals surface area contributed by atoms with E-state index in [1.807, 2.05) is 43.3 Å². The highest BCUT2D eigenvalue weighted by molar-refractivity contribution is 5.78. The predicted octanol–water partition coefficient (Wildman–Crippen LogP) is 2.29. The Morgan fingerprint density at radius 3 is 2.58 bits per heavy atom.